The van der Waals surface area contributed by atoms with Gasteiger partial charge in [-0.2, -0.15) is 5.10 Å². The minimum atomic E-state index is -0.307. The van der Waals surface area contributed by atoms with Crippen LogP contribution < -0.4 is 14.8 Å². The summed E-state index contributed by atoms with van der Waals surface area (Å²) in [5.41, 5.74) is 1.65. The number of aromatic amines is 1. The largest absolute Gasteiger partial charge is 0.497 e. The van der Waals surface area contributed by atoms with Crippen LogP contribution in [0.3, 0.4) is 0 Å². The maximum Gasteiger partial charge on any atom is 0.255 e. The fourth-order valence-corrected chi connectivity index (χ4v) is 2.57. The van der Waals surface area contributed by atoms with E-state index >= 15 is 0 Å². The molecule has 0 aliphatic rings. The number of aliphatic hydroxyl groups is 1. The molecule has 0 aliphatic heterocycles. The van der Waals surface area contributed by atoms with Gasteiger partial charge in [-0.25, -0.2) is 0 Å². The van der Waals surface area contributed by atoms with Crippen LogP contribution in [0.2, 0.25) is 0 Å². The van der Waals surface area contributed by atoms with E-state index in [2.05, 4.69) is 15.5 Å². The Morgan fingerprint density at radius 1 is 1.36 bits per heavy atom. The van der Waals surface area contributed by atoms with Crippen LogP contribution in [0.4, 0.5) is 0 Å². The molecule has 3 N–H and O–H groups in total. The van der Waals surface area contributed by atoms with Crippen LogP contribution in [0.15, 0.2) is 24.4 Å². The lowest BCUT2D eigenvalue weighted by Gasteiger charge is -2.22. The van der Waals surface area contributed by atoms with Gasteiger partial charge in [0.15, 0.2) is 0 Å². The summed E-state index contributed by atoms with van der Waals surface area (Å²) < 4.78 is 10.6. The molecule has 0 saturated heterocycles. The van der Waals surface area contributed by atoms with Gasteiger partial charge in [0, 0.05) is 11.6 Å². The molecule has 1 amide bonds. The van der Waals surface area contributed by atoms with Crippen molar-refractivity contribution in [1.29, 1.82) is 0 Å². The van der Waals surface area contributed by atoms with Crippen LogP contribution in [0, 0.1) is 5.92 Å². The summed E-state index contributed by atoms with van der Waals surface area (Å²) in [7, 11) is 3.13. The van der Waals surface area contributed by atoms with Gasteiger partial charge >= 0.3 is 0 Å². The lowest BCUT2D eigenvalue weighted by molar-refractivity contribution is 0.0892. The number of hydrogen-bond donors (Lipinski definition) is 3. The number of nitrogens with one attached hydrogen (secondary N) is 2. The van der Waals surface area contributed by atoms with Crippen molar-refractivity contribution < 1.29 is 19.4 Å². The highest BCUT2D eigenvalue weighted by molar-refractivity contribution is 6.00. The standard InChI is InChI=1S/C18H25N3O4/c1-5-11(2)15(10-22)20-18(23)14-9-19-21-17(14)13-7-6-12(24-3)8-16(13)25-4/h6-9,11,15,22H,5,10H2,1-4H3,(H,19,21)(H,20,23)/t11-,15-/m1/s1. The lowest BCUT2D eigenvalue weighted by atomic mass is 9.99. The van der Waals surface area contributed by atoms with E-state index in [1.54, 1.807) is 32.4 Å². The molecular formula is C18H25N3O4. The van der Waals surface area contributed by atoms with Crippen LogP contribution in [0.25, 0.3) is 11.3 Å². The minimum Gasteiger partial charge on any atom is -0.497 e. The molecule has 0 aliphatic carbocycles. The quantitative estimate of drug-likeness (QED) is 0.680. The number of ether oxygens (including phenoxy) is 2. The molecule has 0 unspecified atom stereocenters. The van der Waals surface area contributed by atoms with Gasteiger partial charge < -0.3 is 19.9 Å². The van der Waals surface area contributed by atoms with E-state index in [0.717, 1.165) is 6.42 Å². The summed E-state index contributed by atoms with van der Waals surface area (Å²) in [6, 6.07) is 5.03. The molecule has 1 heterocycles. The average Bonchev–Trinajstić information content (AvgIpc) is 3.14. The third-order valence-corrected chi connectivity index (χ3v) is 4.41. The van der Waals surface area contributed by atoms with Crippen molar-refractivity contribution in [3.63, 3.8) is 0 Å². The van der Waals surface area contributed by atoms with Gasteiger partial charge in [-0.1, -0.05) is 20.3 Å². The van der Waals surface area contributed by atoms with Gasteiger partial charge in [-0.3, -0.25) is 9.89 Å². The first kappa shape index (κ1) is 18.8. The topological polar surface area (TPSA) is 96.5 Å². The van der Waals surface area contributed by atoms with E-state index in [1.807, 2.05) is 13.8 Å². The number of hydrogen-bond acceptors (Lipinski definition) is 5. The maximum absolute atomic E-state index is 12.7. The van der Waals surface area contributed by atoms with Crippen molar-refractivity contribution in [3.8, 4) is 22.8 Å². The Balaban J connectivity index is 2.33. The molecular weight excluding hydrogens is 322 g/mol. The van der Waals surface area contributed by atoms with Crippen LogP contribution in [-0.2, 0) is 0 Å². The van der Waals surface area contributed by atoms with Crippen LogP contribution in [-0.4, -0.2) is 48.1 Å². The second-order valence-electron chi connectivity index (χ2n) is 5.87. The summed E-state index contributed by atoms with van der Waals surface area (Å²) in [5.74, 6) is 1.10. The molecule has 0 radical (unpaired) electrons. The van der Waals surface area contributed by atoms with Gasteiger partial charge in [0.25, 0.3) is 5.91 Å². The molecule has 0 fully saturated rings. The predicted molar refractivity (Wildman–Crippen MR) is 94.9 cm³/mol. The zero-order valence-corrected chi connectivity index (χ0v) is 15.0. The first-order chi connectivity index (χ1) is 12.0. The van der Waals surface area contributed by atoms with Gasteiger partial charge in [0.05, 0.1) is 44.3 Å². The molecule has 2 aromatic rings. The van der Waals surface area contributed by atoms with Gasteiger partial charge in [-0.05, 0) is 18.1 Å². The third kappa shape index (κ3) is 4.11. The van der Waals surface area contributed by atoms with E-state index < -0.39 is 0 Å². The zero-order valence-electron chi connectivity index (χ0n) is 15.0. The molecule has 0 bridgehead atoms. The monoisotopic (exact) mass is 347 g/mol. The number of aromatic nitrogens is 2. The summed E-state index contributed by atoms with van der Waals surface area (Å²) >= 11 is 0. The Morgan fingerprint density at radius 3 is 2.72 bits per heavy atom. The van der Waals surface area contributed by atoms with Gasteiger partial charge in [0.1, 0.15) is 11.5 Å². The number of rotatable bonds is 8. The van der Waals surface area contributed by atoms with E-state index in [4.69, 9.17) is 9.47 Å². The summed E-state index contributed by atoms with van der Waals surface area (Å²) in [4.78, 5) is 12.7. The van der Waals surface area contributed by atoms with E-state index in [9.17, 15) is 9.90 Å². The average molecular weight is 347 g/mol. The Morgan fingerprint density at radius 2 is 2.12 bits per heavy atom. The SMILES string of the molecule is CC[C@@H](C)[C@@H](CO)NC(=O)c1cn[nH]c1-c1ccc(OC)cc1OC. The molecule has 1 aromatic heterocycles. The Labute approximate surface area is 147 Å². The zero-order chi connectivity index (χ0) is 18.4. The first-order valence-corrected chi connectivity index (χ1v) is 8.23. The molecule has 7 heteroatoms. The summed E-state index contributed by atoms with van der Waals surface area (Å²) in [5, 5.41) is 19.3. The summed E-state index contributed by atoms with van der Waals surface area (Å²) in [6.45, 7) is 3.90. The Kier molecular flexibility index (Phi) is 6.41. The number of methoxy groups -OCH3 is 2. The van der Waals surface area contributed by atoms with Crippen molar-refractivity contribution in [2.75, 3.05) is 20.8 Å². The number of amides is 1. The highest BCUT2D eigenvalue weighted by Crippen LogP contribution is 2.33. The van der Waals surface area contributed by atoms with E-state index in [-0.39, 0.29) is 24.5 Å². The normalized spacial score (nSPS) is 13.2. The summed E-state index contributed by atoms with van der Waals surface area (Å²) in [6.07, 6.45) is 2.33. The van der Waals surface area contributed by atoms with Gasteiger partial charge in [-0.15, -0.1) is 0 Å². The second-order valence-corrected chi connectivity index (χ2v) is 5.87. The van der Waals surface area contributed by atoms with Crippen molar-refractivity contribution in [1.82, 2.24) is 15.5 Å². The molecule has 1 aromatic carbocycles. The van der Waals surface area contributed by atoms with Crippen molar-refractivity contribution >= 4 is 5.91 Å². The molecule has 7 nitrogen and oxygen atoms in total. The minimum absolute atomic E-state index is 0.111. The molecule has 2 atom stereocenters. The van der Waals surface area contributed by atoms with Crippen LogP contribution >= 0.6 is 0 Å². The second kappa shape index (κ2) is 8.53. The number of aliphatic hydroxyl groups excluding tert-OH is 1. The number of carbonyl (C=O) groups is 1. The molecule has 136 valence electrons. The van der Waals surface area contributed by atoms with Gasteiger partial charge in [0.2, 0.25) is 0 Å². The highest BCUT2D eigenvalue weighted by Gasteiger charge is 2.23. The molecule has 25 heavy (non-hydrogen) atoms. The molecule has 0 saturated carbocycles. The number of benzene rings is 1. The fraction of sp³-hybridized carbons (Fsp3) is 0.444. The van der Waals surface area contributed by atoms with Crippen molar-refractivity contribution in [3.05, 3.63) is 30.0 Å². The number of H-pyrrole nitrogens is 1. The predicted octanol–water partition coefficient (Wildman–Crippen LogP) is 2.23. The Hall–Kier alpha value is -2.54. The van der Waals surface area contributed by atoms with E-state index in [1.165, 1.54) is 6.20 Å². The fourth-order valence-electron chi connectivity index (χ4n) is 2.57. The van der Waals surface area contributed by atoms with Crippen molar-refractivity contribution in [2.45, 2.75) is 26.3 Å². The molecule has 2 rings (SSSR count). The van der Waals surface area contributed by atoms with Crippen molar-refractivity contribution in [2.24, 2.45) is 5.92 Å². The highest BCUT2D eigenvalue weighted by atomic mass is 16.5. The Bertz CT molecular complexity index is 714. The molecule has 0 spiro atoms. The maximum atomic E-state index is 12.7. The van der Waals surface area contributed by atoms with E-state index in [0.29, 0.717) is 28.3 Å². The third-order valence-electron chi connectivity index (χ3n) is 4.41. The van der Waals surface area contributed by atoms with Crippen LogP contribution in [0.1, 0.15) is 30.6 Å². The number of nitrogens with zero attached hydrogens (tertiary/aromatic N) is 1. The smallest absolute Gasteiger partial charge is 0.255 e. The van der Waals surface area contributed by atoms with Crippen LogP contribution in [0.5, 0.6) is 11.5 Å². The first-order valence-electron chi connectivity index (χ1n) is 8.23. The number of carbonyl (C=O) groups excluding carboxylic acids is 1. The lowest BCUT2D eigenvalue weighted by Crippen LogP contribution is -2.41.